The molecule has 0 spiro atoms. The summed E-state index contributed by atoms with van der Waals surface area (Å²) in [5.41, 5.74) is 5.12. The molecule has 0 saturated carbocycles. The van der Waals surface area contributed by atoms with Crippen LogP contribution in [0.15, 0.2) is 5.16 Å². The Hall–Kier alpha value is -1.02. The Bertz CT molecular complexity index is 347. The van der Waals surface area contributed by atoms with E-state index >= 15 is 0 Å². The number of nitrogens with one attached hydrogen (secondary N) is 1. The summed E-state index contributed by atoms with van der Waals surface area (Å²) < 4.78 is 38.3. The van der Waals surface area contributed by atoms with Crippen molar-refractivity contribution in [3.05, 3.63) is 0 Å². The third-order valence-electron chi connectivity index (χ3n) is 4.06. The summed E-state index contributed by atoms with van der Waals surface area (Å²) in [5, 5.41) is 13.9. The van der Waals surface area contributed by atoms with E-state index in [-0.39, 0.29) is 12.6 Å². The first kappa shape index (κ1) is 14.4. The van der Waals surface area contributed by atoms with E-state index in [9.17, 15) is 13.2 Å². The second kappa shape index (κ2) is 5.54. The number of halogens is 3. The van der Waals surface area contributed by atoms with Crippen LogP contribution >= 0.6 is 0 Å². The molecule has 5 nitrogen and oxygen atoms in total. The van der Waals surface area contributed by atoms with Crippen molar-refractivity contribution in [3.63, 3.8) is 0 Å². The Morgan fingerprint density at radius 1 is 1.42 bits per heavy atom. The topological polar surface area (TPSA) is 73.9 Å². The maximum Gasteiger partial charge on any atom is 0.400 e. The predicted molar refractivity (Wildman–Crippen MR) is 64.0 cm³/mol. The number of nitrogens with zero attached hydrogens (tertiary/aromatic N) is 2. The number of alkyl halides is 3. The molecule has 2 fully saturated rings. The number of hydrogen-bond acceptors (Lipinski definition) is 4. The van der Waals surface area contributed by atoms with Gasteiger partial charge in [0.2, 0.25) is 0 Å². The zero-order valence-electron chi connectivity index (χ0n) is 10.5. The third-order valence-corrected chi connectivity index (χ3v) is 4.06. The zero-order chi connectivity index (χ0) is 14.0. The molecule has 0 aliphatic carbocycles. The van der Waals surface area contributed by atoms with Gasteiger partial charge in [-0.15, -0.1) is 0 Å². The molecule has 2 heterocycles. The monoisotopic (exact) mass is 280 g/mol. The molecule has 0 radical (unpaired) electrons. The number of amidine groups is 1. The molecule has 19 heavy (non-hydrogen) atoms. The lowest BCUT2D eigenvalue weighted by Crippen LogP contribution is -2.48. The highest BCUT2D eigenvalue weighted by atomic mass is 19.4. The van der Waals surface area contributed by atoms with Gasteiger partial charge in [-0.3, -0.25) is 4.90 Å². The van der Waals surface area contributed by atoms with Gasteiger partial charge in [-0.05, 0) is 25.8 Å². The normalized spacial score (nSPS) is 30.6. The van der Waals surface area contributed by atoms with Gasteiger partial charge >= 0.3 is 6.18 Å². The third kappa shape index (κ3) is 3.11. The Balaban J connectivity index is 1.92. The standard InChI is InChI=1S/C11H19F3N4O/c12-11(13,14)7(10(15)17-19)6-16-8-3-5-18-4-1-2-9(8)18/h7-9,16,19H,1-6H2,(H2,15,17). The molecule has 4 N–H and O–H groups in total. The van der Waals surface area contributed by atoms with Crippen molar-refractivity contribution in [2.75, 3.05) is 19.6 Å². The molecule has 2 aliphatic heterocycles. The lowest BCUT2D eigenvalue weighted by Gasteiger charge is -2.25. The molecular weight excluding hydrogens is 261 g/mol. The minimum Gasteiger partial charge on any atom is -0.409 e. The van der Waals surface area contributed by atoms with Crippen molar-refractivity contribution in [1.29, 1.82) is 0 Å². The van der Waals surface area contributed by atoms with E-state index in [2.05, 4.69) is 15.4 Å². The van der Waals surface area contributed by atoms with Crippen LogP contribution < -0.4 is 11.1 Å². The van der Waals surface area contributed by atoms with Crippen LogP contribution in [-0.2, 0) is 0 Å². The van der Waals surface area contributed by atoms with Crippen LogP contribution in [0.2, 0.25) is 0 Å². The summed E-state index contributed by atoms with van der Waals surface area (Å²) in [6.45, 7) is 1.63. The Morgan fingerprint density at radius 2 is 2.16 bits per heavy atom. The Kier molecular flexibility index (Phi) is 4.19. The van der Waals surface area contributed by atoms with Gasteiger partial charge in [0.15, 0.2) is 5.84 Å². The fraction of sp³-hybridized carbons (Fsp3) is 0.909. The Labute approximate surface area is 109 Å². The van der Waals surface area contributed by atoms with Crippen LogP contribution in [0.25, 0.3) is 0 Å². The first-order valence-corrected chi connectivity index (χ1v) is 6.45. The fourth-order valence-electron chi connectivity index (χ4n) is 3.05. The summed E-state index contributed by atoms with van der Waals surface area (Å²) in [5.74, 6) is -2.73. The van der Waals surface area contributed by atoms with Gasteiger partial charge in [0.05, 0.1) is 0 Å². The van der Waals surface area contributed by atoms with Gasteiger partial charge in [-0.1, -0.05) is 5.16 Å². The summed E-state index contributed by atoms with van der Waals surface area (Å²) in [4.78, 5) is 2.31. The molecule has 2 aliphatic rings. The summed E-state index contributed by atoms with van der Waals surface area (Å²) in [6.07, 6.45) is -1.52. The second-order valence-electron chi connectivity index (χ2n) is 5.17. The van der Waals surface area contributed by atoms with Gasteiger partial charge in [-0.2, -0.15) is 13.2 Å². The maximum absolute atomic E-state index is 12.8. The quantitative estimate of drug-likeness (QED) is 0.307. The number of hydrogen-bond donors (Lipinski definition) is 3. The highest BCUT2D eigenvalue weighted by Crippen LogP contribution is 2.30. The summed E-state index contributed by atoms with van der Waals surface area (Å²) in [7, 11) is 0. The minimum atomic E-state index is -4.50. The van der Waals surface area contributed by atoms with E-state index in [1.165, 1.54) is 0 Å². The lowest BCUT2D eigenvalue weighted by atomic mass is 10.0. The lowest BCUT2D eigenvalue weighted by molar-refractivity contribution is -0.155. The zero-order valence-corrected chi connectivity index (χ0v) is 10.5. The molecule has 110 valence electrons. The SMILES string of the molecule is NC(=NO)C(CNC1CCN2CCCC12)C(F)(F)F. The molecule has 0 aromatic heterocycles. The van der Waals surface area contributed by atoms with Crippen LogP contribution in [0.3, 0.4) is 0 Å². The van der Waals surface area contributed by atoms with Crippen molar-refractivity contribution < 1.29 is 18.4 Å². The van der Waals surface area contributed by atoms with Crippen molar-refractivity contribution in [2.45, 2.75) is 37.5 Å². The van der Waals surface area contributed by atoms with E-state index in [4.69, 9.17) is 10.9 Å². The molecule has 3 unspecified atom stereocenters. The predicted octanol–water partition coefficient (Wildman–Crippen LogP) is 0.738. The molecule has 8 heteroatoms. The van der Waals surface area contributed by atoms with E-state index in [1.54, 1.807) is 0 Å². The number of oxime groups is 1. The van der Waals surface area contributed by atoms with Crippen LogP contribution in [0.1, 0.15) is 19.3 Å². The second-order valence-corrected chi connectivity index (χ2v) is 5.17. The minimum absolute atomic E-state index is 0.0684. The largest absolute Gasteiger partial charge is 0.409 e. The van der Waals surface area contributed by atoms with Crippen molar-refractivity contribution in [3.8, 4) is 0 Å². The molecular formula is C11H19F3N4O. The Morgan fingerprint density at radius 3 is 2.79 bits per heavy atom. The fourth-order valence-corrected chi connectivity index (χ4v) is 3.05. The number of fused-ring (bicyclic) bond motifs is 1. The highest BCUT2D eigenvalue weighted by molar-refractivity contribution is 5.83. The van der Waals surface area contributed by atoms with Crippen LogP contribution in [0, 0.1) is 5.92 Å². The van der Waals surface area contributed by atoms with Gasteiger partial charge in [0, 0.05) is 25.2 Å². The van der Waals surface area contributed by atoms with Crippen LogP contribution in [-0.4, -0.2) is 53.8 Å². The average molecular weight is 280 g/mol. The summed E-state index contributed by atoms with van der Waals surface area (Å²) in [6, 6.07) is 0.403. The molecule has 2 saturated heterocycles. The number of nitrogens with two attached hydrogens (primary N) is 1. The van der Waals surface area contributed by atoms with Crippen molar-refractivity contribution >= 4 is 5.84 Å². The van der Waals surface area contributed by atoms with Crippen LogP contribution in [0.4, 0.5) is 13.2 Å². The molecule has 2 rings (SSSR count). The molecule has 0 aromatic carbocycles. The van der Waals surface area contributed by atoms with Crippen LogP contribution in [0.5, 0.6) is 0 Å². The smallest absolute Gasteiger partial charge is 0.400 e. The van der Waals surface area contributed by atoms with Crippen molar-refractivity contribution in [2.24, 2.45) is 16.8 Å². The van der Waals surface area contributed by atoms with Gasteiger partial charge in [0.25, 0.3) is 0 Å². The van der Waals surface area contributed by atoms with E-state index < -0.39 is 17.9 Å². The van der Waals surface area contributed by atoms with E-state index in [0.717, 1.165) is 32.4 Å². The van der Waals surface area contributed by atoms with Gasteiger partial charge in [-0.25, -0.2) is 0 Å². The molecule has 0 bridgehead atoms. The first-order valence-electron chi connectivity index (χ1n) is 6.45. The number of rotatable bonds is 4. The molecule has 0 amide bonds. The van der Waals surface area contributed by atoms with E-state index in [1.807, 2.05) is 0 Å². The highest BCUT2D eigenvalue weighted by Gasteiger charge is 2.44. The average Bonchev–Trinajstić information content (AvgIpc) is 2.91. The summed E-state index contributed by atoms with van der Waals surface area (Å²) >= 11 is 0. The molecule has 3 atom stereocenters. The van der Waals surface area contributed by atoms with Gasteiger partial charge in [0.1, 0.15) is 5.92 Å². The molecule has 0 aromatic rings. The first-order chi connectivity index (χ1) is 8.93. The maximum atomic E-state index is 12.8. The van der Waals surface area contributed by atoms with Crippen molar-refractivity contribution in [1.82, 2.24) is 10.2 Å². The van der Waals surface area contributed by atoms with E-state index in [0.29, 0.717) is 6.04 Å². The van der Waals surface area contributed by atoms with Gasteiger partial charge < -0.3 is 16.3 Å².